The molecule has 0 saturated heterocycles. The van der Waals surface area contributed by atoms with E-state index in [9.17, 15) is 4.79 Å². The molecule has 0 amide bonds. The summed E-state index contributed by atoms with van der Waals surface area (Å²) in [6.45, 7) is 1.98. The van der Waals surface area contributed by atoms with Crippen molar-refractivity contribution in [2.45, 2.75) is 6.92 Å². The maximum Gasteiger partial charge on any atom is 0.335 e. The van der Waals surface area contributed by atoms with Crippen LogP contribution in [0.3, 0.4) is 0 Å². The smallest absolute Gasteiger partial charge is 0.335 e. The lowest BCUT2D eigenvalue weighted by molar-refractivity contribution is 0.0697. The van der Waals surface area contributed by atoms with Crippen LogP contribution in [0.4, 0.5) is 0 Å². The van der Waals surface area contributed by atoms with E-state index in [1.165, 1.54) is 0 Å². The van der Waals surface area contributed by atoms with Gasteiger partial charge in [0.2, 0.25) is 0 Å². The molecule has 0 unspecified atom stereocenters. The van der Waals surface area contributed by atoms with E-state index in [0.717, 1.165) is 16.8 Å². The van der Waals surface area contributed by atoms with Gasteiger partial charge in [0.25, 0.3) is 0 Å². The standard InChI is InChI=1S/C15H11ClN2O2/c1-9-2-3-11(16)7-12(9)13-8-18-5-4-10(15(19)20)6-14(18)17-13/h2-8H,1H3,(H,19,20). The molecule has 2 aromatic heterocycles. The number of pyridine rings is 1. The Morgan fingerprint density at radius 2 is 2.10 bits per heavy atom. The maximum atomic E-state index is 11.0. The lowest BCUT2D eigenvalue weighted by Gasteiger charge is -2.02. The van der Waals surface area contributed by atoms with E-state index in [1.54, 1.807) is 22.7 Å². The predicted octanol–water partition coefficient (Wildman–Crippen LogP) is 3.66. The van der Waals surface area contributed by atoms with E-state index in [-0.39, 0.29) is 5.56 Å². The van der Waals surface area contributed by atoms with Crippen LogP contribution in [0.5, 0.6) is 0 Å². The van der Waals surface area contributed by atoms with E-state index in [1.807, 2.05) is 31.3 Å². The van der Waals surface area contributed by atoms with E-state index in [2.05, 4.69) is 4.98 Å². The van der Waals surface area contributed by atoms with Gasteiger partial charge < -0.3 is 9.51 Å². The Kier molecular flexibility index (Phi) is 2.95. The van der Waals surface area contributed by atoms with Gasteiger partial charge in [0.15, 0.2) is 0 Å². The Hall–Kier alpha value is -2.33. The number of carbonyl (C=O) groups is 1. The monoisotopic (exact) mass is 286 g/mol. The minimum atomic E-state index is -0.962. The van der Waals surface area contributed by atoms with Crippen LogP contribution < -0.4 is 0 Å². The zero-order chi connectivity index (χ0) is 14.3. The van der Waals surface area contributed by atoms with E-state index < -0.39 is 5.97 Å². The highest BCUT2D eigenvalue weighted by Gasteiger charge is 2.10. The van der Waals surface area contributed by atoms with Crippen LogP contribution >= 0.6 is 11.6 Å². The summed E-state index contributed by atoms with van der Waals surface area (Å²) < 4.78 is 1.79. The second-order valence-electron chi connectivity index (χ2n) is 4.57. The van der Waals surface area contributed by atoms with Crippen molar-refractivity contribution in [1.29, 1.82) is 0 Å². The second-order valence-corrected chi connectivity index (χ2v) is 5.01. The molecule has 0 fully saturated rings. The van der Waals surface area contributed by atoms with Crippen LogP contribution in [0.2, 0.25) is 5.02 Å². The fraction of sp³-hybridized carbons (Fsp3) is 0.0667. The summed E-state index contributed by atoms with van der Waals surface area (Å²) in [4.78, 5) is 15.4. The van der Waals surface area contributed by atoms with Crippen molar-refractivity contribution in [3.8, 4) is 11.3 Å². The van der Waals surface area contributed by atoms with Gasteiger partial charge in [0, 0.05) is 23.0 Å². The van der Waals surface area contributed by atoms with Gasteiger partial charge >= 0.3 is 5.97 Å². The number of benzene rings is 1. The summed E-state index contributed by atoms with van der Waals surface area (Å²) in [5.41, 5.74) is 3.60. The molecule has 2 heterocycles. The molecule has 3 aromatic rings. The van der Waals surface area contributed by atoms with E-state index >= 15 is 0 Å². The molecule has 3 rings (SSSR count). The molecule has 100 valence electrons. The van der Waals surface area contributed by atoms with Gasteiger partial charge in [-0.15, -0.1) is 0 Å². The van der Waals surface area contributed by atoms with Crippen LogP contribution in [0.15, 0.2) is 42.7 Å². The third-order valence-electron chi connectivity index (χ3n) is 3.18. The Morgan fingerprint density at radius 1 is 1.30 bits per heavy atom. The second kappa shape index (κ2) is 4.65. The molecule has 0 saturated carbocycles. The zero-order valence-corrected chi connectivity index (χ0v) is 11.4. The van der Waals surface area contributed by atoms with Crippen LogP contribution in [0.1, 0.15) is 15.9 Å². The molecular weight excluding hydrogens is 276 g/mol. The molecule has 20 heavy (non-hydrogen) atoms. The third-order valence-corrected chi connectivity index (χ3v) is 3.42. The van der Waals surface area contributed by atoms with Crippen molar-refractivity contribution in [2.75, 3.05) is 0 Å². The molecule has 0 bridgehead atoms. The fourth-order valence-corrected chi connectivity index (χ4v) is 2.29. The molecule has 4 nitrogen and oxygen atoms in total. The summed E-state index contributed by atoms with van der Waals surface area (Å²) >= 11 is 6.02. The Morgan fingerprint density at radius 3 is 2.85 bits per heavy atom. The first kappa shape index (κ1) is 12.7. The summed E-state index contributed by atoms with van der Waals surface area (Å²) in [7, 11) is 0. The minimum absolute atomic E-state index is 0.220. The summed E-state index contributed by atoms with van der Waals surface area (Å²) in [5.74, 6) is -0.962. The largest absolute Gasteiger partial charge is 0.478 e. The quantitative estimate of drug-likeness (QED) is 0.782. The van der Waals surface area contributed by atoms with Gasteiger partial charge in [-0.1, -0.05) is 17.7 Å². The van der Waals surface area contributed by atoms with Gasteiger partial charge in [-0.3, -0.25) is 0 Å². The first-order valence-electron chi connectivity index (χ1n) is 6.03. The number of nitrogens with zero attached hydrogens (tertiary/aromatic N) is 2. The molecule has 1 aromatic carbocycles. The van der Waals surface area contributed by atoms with Crippen LogP contribution in [-0.2, 0) is 0 Å². The van der Waals surface area contributed by atoms with Gasteiger partial charge in [0.1, 0.15) is 5.65 Å². The fourth-order valence-electron chi connectivity index (χ4n) is 2.11. The SMILES string of the molecule is Cc1ccc(Cl)cc1-c1cn2ccc(C(=O)O)cc2n1. The highest BCUT2D eigenvalue weighted by atomic mass is 35.5. The molecule has 0 aliphatic carbocycles. The van der Waals surface area contributed by atoms with Gasteiger partial charge in [-0.25, -0.2) is 9.78 Å². The molecule has 0 atom stereocenters. The molecule has 5 heteroatoms. The normalized spacial score (nSPS) is 10.9. The number of carboxylic acid groups (broad SMARTS) is 1. The topological polar surface area (TPSA) is 54.6 Å². The van der Waals surface area contributed by atoms with Crippen molar-refractivity contribution in [3.05, 3.63) is 58.9 Å². The number of halogens is 1. The molecule has 0 radical (unpaired) electrons. The predicted molar refractivity (Wildman–Crippen MR) is 77.3 cm³/mol. The third kappa shape index (κ3) is 2.14. The van der Waals surface area contributed by atoms with Crippen LogP contribution in [-0.4, -0.2) is 20.5 Å². The minimum Gasteiger partial charge on any atom is -0.478 e. The molecule has 0 spiro atoms. The first-order valence-corrected chi connectivity index (χ1v) is 6.41. The van der Waals surface area contributed by atoms with Crippen molar-refractivity contribution in [2.24, 2.45) is 0 Å². The summed E-state index contributed by atoms with van der Waals surface area (Å²) in [6.07, 6.45) is 3.55. The average Bonchev–Trinajstić information content (AvgIpc) is 2.83. The number of fused-ring (bicyclic) bond motifs is 1. The highest BCUT2D eigenvalue weighted by Crippen LogP contribution is 2.26. The Labute approximate surface area is 120 Å². The number of hydrogen-bond donors (Lipinski definition) is 1. The molecule has 0 aliphatic heterocycles. The average molecular weight is 287 g/mol. The Bertz CT molecular complexity index is 824. The highest BCUT2D eigenvalue weighted by molar-refractivity contribution is 6.30. The van der Waals surface area contributed by atoms with Gasteiger partial charge in [-0.2, -0.15) is 0 Å². The van der Waals surface area contributed by atoms with E-state index in [0.29, 0.717) is 10.7 Å². The van der Waals surface area contributed by atoms with Crippen molar-refractivity contribution < 1.29 is 9.90 Å². The van der Waals surface area contributed by atoms with Crippen molar-refractivity contribution >= 4 is 23.2 Å². The number of aromatic nitrogens is 2. The number of carboxylic acids is 1. The number of aromatic carboxylic acids is 1. The zero-order valence-electron chi connectivity index (χ0n) is 10.7. The van der Waals surface area contributed by atoms with Crippen LogP contribution in [0, 0.1) is 6.92 Å². The summed E-state index contributed by atoms with van der Waals surface area (Å²) in [5, 5.41) is 9.64. The number of rotatable bonds is 2. The van der Waals surface area contributed by atoms with E-state index in [4.69, 9.17) is 16.7 Å². The molecule has 1 N–H and O–H groups in total. The first-order chi connectivity index (χ1) is 9.54. The van der Waals surface area contributed by atoms with Crippen molar-refractivity contribution in [1.82, 2.24) is 9.38 Å². The number of aryl methyl sites for hydroxylation is 1. The molecular formula is C15H11ClN2O2. The lowest BCUT2D eigenvalue weighted by Crippen LogP contribution is -1.96. The van der Waals surface area contributed by atoms with Gasteiger partial charge in [-0.05, 0) is 36.8 Å². The molecule has 0 aliphatic rings. The van der Waals surface area contributed by atoms with Gasteiger partial charge in [0.05, 0.1) is 11.3 Å². The number of hydrogen-bond acceptors (Lipinski definition) is 2. The lowest BCUT2D eigenvalue weighted by atomic mass is 10.1. The number of imidazole rings is 1. The Balaban J connectivity index is 2.17. The summed E-state index contributed by atoms with van der Waals surface area (Å²) in [6, 6.07) is 8.72. The maximum absolute atomic E-state index is 11.0. The van der Waals surface area contributed by atoms with Crippen molar-refractivity contribution in [3.63, 3.8) is 0 Å². The van der Waals surface area contributed by atoms with Crippen LogP contribution in [0.25, 0.3) is 16.9 Å².